The lowest BCUT2D eigenvalue weighted by atomic mass is 9.76. The van der Waals surface area contributed by atoms with Crippen molar-refractivity contribution >= 4 is 5.97 Å². The minimum Gasteiger partial charge on any atom is -0.481 e. The number of rotatable bonds is 5. The molecule has 0 aromatic carbocycles. The lowest BCUT2D eigenvalue weighted by Crippen LogP contribution is -2.39. The Labute approximate surface area is 120 Å². The Balaban J connectivity index is 2.10. The zero-order valence-electron chi connectivity index (χ0n) is 12.8. The van der Waals surface area contributed by atoms with Crippen molar-refractivity contribution in [2.75, 3.05) is 13.1 Å². The van der Waals surface area contributed by atoms with Gasteiger partial charge >= 0.3 is 5.97 Å². The molecule has 1 fully saturated rings. The molecule has 2 heterocycles. The van der Waals surface area contributed by atoms with Crippen LogP contribution in [0.15, 0.2) is 12.5 Å². The molecule has 1 saturated heterocycles. The standard InChI is InChI=1S/C15H25N3O2/c1-11(2)15(14(19)20)5-6-17(9-15)8-13-7-16-10-18(13)12(3)4/h7,10-12H,5-6,8-9H2,1-4H3,(H,19,20). The Bertz CT molecular complexity index is 481. The Kier molecular flexibility index (Phi) is 4.18. The van der Waals surface area contributed by atoms with Gasteiger partial charge in [0.2, 0.25) is 0 Å². The molecule has 1 aromatic rings. The van der Waals surface area contributed by atoms with Crippen LogP contribution in [0.25, 0.3) is 0 Å². The van der Waals surface area contributed by atoms with Crippen LogP contribution in [0.5, 0.6) is 0 Å². The van der Waals surface area contributed by atoms with Gasteiger partial charge in [-0.1, -0.05) is 13.8 Å². The van der Waals surface area contributed by atoms with Gasteiger partial charge in [0.15, 0.2) is 0 Å². The smallest absolute Gasteiger partial charge is 0.311 e. The van der Waals surface area contributed by atoms with Crippen molar-refractivity contribution in [3.05, 3.63) is 18.2 Å². The molecule has 0 spiro atoms. The normalized spacial score (nSPS) is 23.9. The molecule has 1 N–H and O–H groups in total. The molecule has 1 aliphatic rings. The molecule has 0 bridgehead atoms. The number of carbonyl (C=O) groups is 1. The number of nitrogens with zero attached hydrogens (tertiary/aromatic N) is 3. The molecule has 2 rings (SSSR count). The highest BCUT2D eigenvalue weighted by Gasteiger charge is 2.47. The maximum absolute atomic E-state index is 11.6. The first-order valence-corrected chi connectivity index (χ1v) is 7.33. The molecule has 0 saturated carbocycles. The van der Waals surface area contributed by atoms with E-state index < -0.39 is 11.4 Å². The van der Waals surface area contributed by atoms with Crippen molar-refractivity contribution in [3.63, 3.8) is 0 Å². The first kappa shape index (κ1) is 15.0. The second-order valence-electron chi connectivity index (χ2n) is 6.46. The van der Waals surface area contributed by atoms with Gasteiger partial charge < -0.3 is 9.67 Å². The number of carboxylic acid groups (broad SMARTS) is 1. The minimum absolute atomic E-state index is 0.153. The Morgan fingerprint density at radius 2 is 2.15 bits per heavy atom. The van der Waals surface area contributed by atoms with Crippen LogP contribution < -0.4 is 0 Å². The van der Waals surface area contributed by atoms with Crippen molar-refractivity contribution < 1.29 is 9.90 Å². The van der Waals surface area contributed by atoms with Crippen LogP contribution >= 0.6 is 0 Å². The molecule has 1 aromatic heterocycles. The average Bonchev–Trinajstić information content (AvgIpc) is 2.96. The summed E-state index contributed by atoms with van der Waals surface area (Å²) >= 11 is 0. The van der Waals surface area contributed by atoms with Crippen LogP contribution in [0.2, 0.25) is 0 Å². The van der Waals surface area contributed by atoms with Crippen LogP contribution in [-0.2, 0) is 11.3 Å². The number of hydrogen-bond donors (Lipinski definition) is 1. The van der Waals surface area contributed by atoms with Crippen molar-refractivity contribution in [1.82, 2.24) is 14.5 Å². The van der Waals surface area contributed by atoms with E-state index in [0.717, 1.165) is 25.2 Å². The van der Waals surface area contributed by atoms with Gasteiger partial charge in [-0.05, 0) is 32.7 Å². The van der Waals surface area contributed by atoms with E-state index >= 15 is 0 Å². The number of imidazole rings is 1. The van der Waals surface area contributed by atoms with Crippen LogP contribution in [0.1, 0.15) is 45.9 Å². The van der Waals surface area contributed by atoms with E-state index in [4.69, 9.17) is 0 Å². The number of aromatic nitrogens is 2. The van der Waals surface area contributed by atoms with Gasteiger partial charge in [-0.2, -0.15) is 0 Å². The molecule has 1 aliphatic heterocycles. The van der Waals surface area contributed by atoms with Crippen molar-refractivity contribution in [1.29, 1.82) is 0 Å². The third kappa shape index (κ3) is 2.59. The molecule has 5 heteroatoms. The fraction of sp³-hybridized carbons (Fsp3) is 0.733. The zero-order valence-corrected chi connectivity index (χ0v) is 12.8. The number of likely N-dealkylation sites (tertiary alicyclic amines) is 1. The minimum atomic E-state index is -0.660. The third-order valence-corrected chi connectivity index (χ3v) is 4.60. The number of hydrogen-bond acceptors (Lipinski definition) is 3. The van der Waals surface area contributed by atoms with E-state index in [-0.39, 0.29) is 5.92 Å². The molecule has 0 aliphatic carbocycles. The molecule has 5 nitrogen and oxygen atoms in total. The third-order valence-electron chi connectivity index (χ3n) is 4.60. The van der Waals surface area contributed by atoms with Gasteiger partial charge in [0.25, 0.3) is 0 Å². The van der Waals surface area contributed by atoms with E-state index in [0.29, 0.717) is 12.6 Å². The summed E-state index contributed by atoms with van der Waals surface area (Å²) in [7, 11) is 0. The van der Waals surface area contributed by atoms with E-state index in [9.17, 15) is 9.90 Å². The predicted octanol–water partition coefficient (Wildman–Crippen LogP) is 2.40. The molecule has 0 amide bonds. The zero-order chi connectivity index (χ0) is 14.9. The topological polar surface area (TPSA) is 58.4 Å². The van der Waals surface area contributed by atoms with Crippen molar-refractivity contribution in [2.45, 2.75) is 46.7 Å². The monoisotopic (exact) mass is 279 g/mol. The largest absolute Gasteiger partial charge is 0.481 e. The maximum Gasteiger partial charge on any atom is 0.311 e. The van der Waals surface area contributed by atoms with Crippen molar-refractivity contribution in [2.24, 2.45) is 11.3 Å². The van der Waals surface area contributed by atoms with E-state index in [1.165, 1.54) is 0 Å². The highest BCUT2D eigenvalue weighted by Crippen LogP contribution is 2.38. The number of carboxylic acids is 1. The summed E-state index contributed by atoms with van der Waals surface area (Å²) < 4.78 is 2.15. The van der Waals surface area contributed by atoms with Crippen molar-refractivity contribution in [3.8, 4) is 0 Å². The van der Waals surface area contributed by atoms with Gasteiger partial charge in [0, 0.05) is 25.3 Å². The summed E-state index contributed by atoms with van der Waals surface area (Å²) in [4.78, 5) is 18.1. The maximum atomic E-state index is 11.6. The van der Waals surface area contributed by atoms with E-state index in [1.54, 1.807) is 0 Å². The SMILES string of the molecule is CC(C)n1cncc1CN1CCC(C(=O)O)(C(C)C)C1. The summed E-state index contributed by atoms with van der Waals surface area (Å²) in [6.45, 7) is 10.5. The van der Waals surface area contributed by atoms with Crippen LogP contribution in [0, 0.1) is 11.3 Å². The molecular weight excluding hydrogens is 254 g/mol. The average molecular weight is 279 g/mol. The summed E-state index contributed by atoms with van der Waals surface area (Å²) in [5.41, 5.74) is 0.563. The first-order valence-electron chi connectivity index (χ1n) is 7.33. The number of aliphatic carboxylic acids is 1. The van der Waals surface area contributed by atoms with Crippen LogP contribution in [-0.4, -0.2) is 38.6 Å². The van der Waals surface area contributed by atoms with Gasteiger partial charge in [-0.15, -0.1) is 0 Å². The molecule has 1 unspecified atom stereocenters. The quantitative estimate of drug-likeness (QED) is 0.899. The Morgan fingerprint density at radius 3 is 2.65 bits per heavy atom. The second-order valence-corrected chi connectivity index (χ2v) is 6.46. The lowest BCUT2D eigenvalue weighted by molar-refractivity contribution is -0.151. The first-order chi connectivity index (χ1) is 9.36. The predicted molar refractivity (Wildman–Crippen MR) is 77.4 cm³/mol. The molecule has 112 valence electrons. The van der Waals surface area contributed by atoms with Gasteiger partial charge in [-0.3, -0.25) is 9.69 Å². The van der Waals surface area contributed by atoms with E-state index in [2.05, 4.69) is 28.3 Å². The fourth-order valence-electron chi connectivity index (χ4n) is 3.09. The highest BCUT2D eigenvalue weighted by molar-refractivity contribution is 5.75. The Hall–Kier alpha value is -1.36. The van der Waals surface area contributed by atoms with Gasteiger partial charge in [0.05, 0.1) is 17.4 Å². The summed E-state index contributed by atoms with van der Waals surface area (Å²) in [6.07, 6.45) is 4.47. The molecule has 0 radical (unpaired) electrons. The fourth-order valence-corrected chi connectivity index (χ4v) is 3.09. The second kappa shape index (κ2) is 5.56. The van der Waals surface area contributed by atoms with Gasteiger partial charge in [0.1, 0.15) is 0 Å². The summed E-state index contributed by atoms with van der Waals surface area (Å²) in [5, 5.41) is 9.58. The van der Waals surface area contributed by atoms with Crippen LogP contribution in [0.4, 0.5) is 0 Å². The highest BCUT2D eigenvalue weighted by atomic mass is 16.4. The Morgan fingerprint density at radius 1 is 1.45 bits per heavy atom. The molecule has 20 heavy (non-hydrogen) atoms. The molecular formula is C15H25N3O2. The molecule has 1 atom stereocenters. The summed E-state index contributed by atoms with van der Waals surface area (Å²) in [5.74, 6) is -0.507. The van der Waals surface area contributed by atoms with Gasteiger partial charge in [-0.25, -0.2) is 4.98 Å². The van der Waals surface area contributed by atoms with Crippen LogP contribution in [0.3, 0.4) is 0 Å². The lowest BCUT2D eigenvalue weighted by Gasteiger charge is -2.29. The summed E-state index contributed by atoms with van der Waals surface area (Å²) in [6, 6.07) is 0.379. The van der Waals surface area contributed by atoms with E-state index in [1.807, 2.05) is 26.4 Å².